The summed E-state index contributed by atoms with van der Waals surface area (Å²) in [6, 6.07) is 0. The predicted octanol–water partition coefficient (Wildman–Crippen LogP) is -3.05. The first kappa shape index (κ1) is 9.16. The number of rotatable bonds is 0. The maximum absolute atomic E-state index is 7.30. The SMILES string of the molecule is N#CO[S-].[Na+]. The van der Waals surface area contributed by atoms with Crippen LogP contribution in [0.3, 0.4) is 0 Å². The van der Waals surface area contributed by atoms with Crippen molar-refractivity contribution >= 4 is 12.9 Å². The van der Waals surface area contributed by atoms with Crippen LogP contribution in [0.5, 0.6) is 0 Å². The summed E-state index contributed by atoms with van der Waals surface area (Å²) in [5.41, 5.74) is 0. The summed E-state index contributed by atoms with van der Waals surface area (Å²) >= 11 is 3.69. The molecule has 0 atom stereocenters. The molecule has 0 fully saturated rings. The van der Waals surface area contributed by atoms with E-state index in [9.17, 15) is 0 Å². The average Bonchev–Trinajstić information content (AvgIpc) is 1.37. The smallest absolute Gasteiger partial charge is 0.576 e. The largest absolute Gasteiger partial charge is 1.00 e. The normalized spacial score (nSPS) is 3.20. The first-order valence-electron chi connectivity index (χ1n) is 0.594. The molecule has 0 spiro atoms. The van der Waals surface area contributed by atoms with Crippen LogP contribution in [0.4, 0.5) is 0 Å². The van der Waals surface area contributed by atoms with E-state index in [1.165, 1.54) is 6.26 Å². The fourth-order valence-corrected chi connectivity index (χ4v) is 0. The van der Waals surface area contributed by atoms with Gasteiger partial charge in [-0.3, -0.25) is 0 Å². The van der Waals surface area contributed by atoms with Gasteiger partial charge in [0.25, 0.3) is 6.26 Å². The van der Waals surface area contributed by atoms with E-state index in [1.54, 1.807) is 0 Å². The molecular weight excluding hydrogens is 97.1 g/mol. The molecule has 0 aromatic carbocycles. The van der Waals surface area contributed by atoms with E-state index in [2.05, 4.69) is 17.1 Å². The van der Waals surface area contributed by atoms with Gasteiger partial charge in [-0.15, -0.1) is 0 Å². The third kappa shape index (κ3) is 12.0. The summed E-state index contributed by atoms with van der Waals surface area (Å²) in [4.78, 5) is 0. The Morgan fingerprint density at radius 2 is 2.00 bits per heavy atom. The summed E-state index contributed by atoms with van der Waals surface area (Å²) in [6.45, 7) is 0. The van der Waals surface area contributed by atoms with Gasteiger partial charge >= 0.3 is 29.6 Å². The number of hydrogen-bond acceptors (Lipinski definition) is 3. The number of nitrogens with zero attached hydrogens (tertiary/aromatic N) is 1. The Labute approximate surface area is 58.0 Å². The van der Waals surface area contributed by atoms with Crippen molar-refractivity contribution in [2.75, 3.05) is 0 Å². The van der Waals surface area contributed by atoms with E-state index in [0.29, 0.717) is 0 Å². The van der Waals surface area contributed by atoms with Crippen molar-refractivity contribution < 1.29 is 33.7 Å². The van der Waals surface area contributed by atoms with Crippen LogP contribution < -0.4 is 29.6 Å². The second-order valence-electron chi connectivity index (χ2n) is 0.175. The van der Waals surface area contributed by atoms with Crippen molar-refractivity contribution in [3.8, 4) is 6.26 Å². The van der Waals surface area contributed by atoms with Gasteiger partial charge in [-0.1, -0.05) is 0 Å². The zero-order valence-corrected chi connectivity index (χ0v) is 5.58. The third-order valence-corrected chi connectivity index (χ3v) is 0.112. The minimum atomic E-state index is 0. The molecule has 0 saturated heterocycles. The Kier molecular flexibility index (Phi) is 16.2. The van der Waals surface area contributed by atoms with Gasteiger partial charge in [0.05, 0.1) is 0 Å². The standard InChI is InChI=1S/CHNOS.Na/c2-1-3-4;/h4H;/q;+1/p-1. The van der Waals surface area contributed by atoms with E-state index in [1.807, 2.05) is 0 Å². The maximum atomic E-state index is 7.30. The Morgan fingerprint density at radius 3 is 2.00 bits per heavy atom. The first-order valence-corrected chi connectivity index (χ1v) is 0.928. The van der Waals surface area contributed by atoms with E-state index in [0.717, 1.165) is 0 Å². The molecule has 22 valence electrons. The fourth-order valence-electron chi connectivity index (χ4n) is 0. The Morgan fingerprint density at radius 1 is 1.80 bits per heavy atom. The minimum absolute atomic E-state index is 0. The van der Waals surface area contributed by atoms with Gasteiger partial charge in [0.15, 0.2) is 0 Å². The number of hydrogen-bond donors (Lipinski definition) is 0. The van der Waals surface area contributed by atoms with Gasteiger partial charge in [-0.05, 0) is 0 Å². The van der Waals surface area contributed by atoms with Crippen LogP contribution in [-0.2, 0) is 17.1 Å². The quantitative estimate of drug-likeness (QED) is 0.183. The van der Waals surface area contributed by atoms with Crippen molar-refractivity contribution in [2.45, 2.75) is 0 Å². The Balaban J connectivity index is 0. The molecule has 5 heavy (non-hydrogen) atoms. The molecule has 0 unspecified atom stereocenters. The van der Waals surface area contributed by atoms with Crippen molar-refractivity contribution in [1.29, 1.82) is 5.26 Å². The second-order valence-corrected chi connectivity index (χ2v) is 0.341. The summed E-state index contributed by atoms with van der Waals surface area (Å²) < 4.78 is 3.43. The molecule has 0 N–H and O–H groups in total. The van der Waals surface area contributed by atoms with Crippen LogP contribution >= 0.6 is 0 Å². The summed E-state index contributed by atoms with van der Waals surface area (Å²) in [7, 11) is 0. The van der Waals surface area contributed by atoms with E-state index in [-0.39, 0.29) is 29.6 Å². The average molecular weight is 97.1 g/mol. The molecule has 0 aliphatic carbocycles. The monoisotopic (exact) mass is 97.0 g/mol. The molecule has 0 saturated carbocycles. The van der Waals surface area contributed by atoms with Crippen LogP contribution in [0.25, 0.3) is 0 Å². The molecule has 0 aromatic rings. The van der Waals surface area contributed by atoms with E-state index < -0.39 is 0 Å². The third-order valence-electron chi connectivity index (χ3n) is 0.0373. The molecule has 4 heteroatoms. The summed E-state index contributed by atoms with van der Waals surface area (Å²) in [5.74, 6) is 0. The van der Waals surface area contributed by atoms with Crippen LogP contribution in [0.1, 0.15) is 0 Å². The van der Waals surface area contributed by atoms with Crippen LogP contribution in [0, 0.1) is 11.5 Å². The zero-order chi connectivity index (χ0) is 3.41. The summed E-state index contributed by atoms with van der Waals surface area (Å²) in [5, 5.41) is 7.30. The Bertz CT molecular complexity index is 41.4. The van der Waals surface area contributed by atoms with Crippen LogP contribution in [-0.4, -0.2) is 0 Å². The van der Waals surface area contributed by atoms with Gasteiger partial charge in [0, 0.05) is 0 Å². The van der Waals surface area contributed by atoms with Crippen LogP contribution in [0.2, 0.25) is 0 Å². The molecular formula is CNNaOS. The van der Waals surface area contributed by atoms with Gasteiger partial charge in [0.2, 0.25) is 0 Å². The van der Waals surface area contributed by atoms with Gasteiger partial charge < -0.3 is 17.1 Å². The molecule has 0 bridgehead atoms. The predicted molar refractivity (Wildman–Crippen MR) is 14.1 cm³/mol. The van der Waals surface area contributed by atoms with E-state index >= 15 is 0 Å². The van der Waals surface area contributed by atoms with Gasteiger partial charge in [-0.25, -0.2) is 0 Å². The minimum Gasteiger partial charge on any atom is -0.576 e. The van der Waals surface area contributed by atoms with Gasteiger partial charge in [0.1, 0.15) is 0 Å². The molecule has 0 amide bonds. The van der Waals surface area contributed by atoms with Crippen molar-refractivity contribution in [3.05, 3.63) is 0 Å². The molecule has 0 aliphatic heterocycles. The van der Waals surface area contributed by atoms with Crippen molar-refractivity contribution in [1.82, 2.24) is 0 Å². The van der Waals surface area contributed by atoms with Crippen molar-refractivity contribution in [3.63, 3.8) is 0 Å². The van der Waals surface area contributed by atoms with Crippen molar-refractivity contribution in [2.24, 2.45) is 0 Å². The maximum Gasteiger partial charge on any atom is 1.00 e. The van der Waals surface area contributed by atoms with Gasteiger partial charge in [-0.2, -0.15) is 5.26 Å². The molecule has 0 radical (unpaired) electrons. The molecule has 0 heterocycles. The molecule has 2 nitrogen and oxygen atoms in total. The Hall–Kier alpha value is 0.640. The molecule has 0 rings (SSSR count). The summed E-state index contributed by atoms with van der Waals surface area (Å²) in [6.07, 6.45) is 1.25. The molecule has 0 aliphatic rings. The zero-order valence-electron chi connectivity index (χ0n) is 2.76. The van der Waals surface area contributed by atoms with E-state index in [4.69, 9.17) is 5.26 Å². The molecule has 0 aromatic heterocycles. The number of nitriles is 1. The first-order chi connectivity index (χ1) is 1.91. The topological polar surface area (TPSA) is 33.0 Å². The van der Waals surface area contributed by atoms with Crippen LogP contribution in [0.15, 0.2) is 0 Å². The second kappa shape index (κ2) is 8.82. The fraction of sp³-hybridized carbons (Fsp3) is 0.